The minimum Gasteiger partial charge on any atom is -0.491 e. The van der Waals surface area contributed by atoms with Crippen LogP contribution in [-0.4, -0.2) is 61.2 Å². The summed E-state index contributed by atoms with van der Waals surface area (Å²) in [7, 11) is 0. The number of nitrogens with zero attached hydrogens (tertiary/aromatic N) is 6. The van der Waals surface area contributed by atoms with Crippen molar-refractivity contribution in [3.8, 4) is 22.6 Å². The van der Waals surface area contributed by atoms with Gasteiger partial charge < -0.3 is 29.5 Å². The van der Waals surface area contributed by atoms with Crippen molar-refractivity contribution in [2.45, 2.75) is 17.6 Å². The van der Waals surface area contributed by atoms with E-state index < -0.39 is 17.6 Å². The molecule has 12 aromatic rings. The van der Waals surface area contributed by atoms with E-state index in [2.05, 4.69) is 180 Å². The fraction of sp³-hybridized carbons (Fsp3) is 0.0864. The van der Waals surface area contributed by atoms with Gasteiger partial charge in [0.25, 0.3) is 0 Å². The standard InChI is InChI=1S/C81H68N6O4/c88-73(57-84(65-23-7-1-8-24-65)82-55-61-39-47-71(48-40-61)86(67-27-11-3-12-28-67)68-29-13-4-14-30-68)59-90-75-51-43-63(44-52-75)81(79-37-21-19-35-77(79)78-36-20-22-38-80(78)81)64-45-53-76(54-46-64)91-60-74(89)58-85(66-25-9-2-10-26-66)83-56-62-41-49-72(50-42-62)87(69-31-15-5-16-32-69)70-33-17-6-18-34-70/h1-56,73-74,88-89H,57-60H2. The van der Waals surface area contributed by atoms with E-state index >= 15 is 0 Å². The maximum Gasteiger partial charge on any atom is 0.119 e. The molecule has 2 N–H and O–H groups in total. The number of aliphatic hydroxyl groups is 2. The van der Waals surface area contributed by atoms with Crippen LogP contribution in [0.3, 0.4) is 0 Å². The zero-order valence-electron chi connectivity index (χ0n) is 50.2. The summed E-state index contributed by atoms with van der Waals surface area (Å²) in [5.41, 5.74) is 16.0. The van der Waals surface area contributed by atoms with Crippen LogP contribution < -0.4 is 29.3 Å². The van der Waals surface area contributed by atoms with Crippen molar-refractivity contribution < 1.29 is 19.7 Å². The highest BCUT2D eigenvalue weighted by Gasteiger charge is 2.46. The number of hydrazone groups is 2. The summed E-state index contributed by atoms with van der Waals surface area (Å²) in [6.07, 6.45) is 1.89. The van der Waals surface area contributed by atoms with Crippen molar-refractivity contribution in [2.75, 3.05) is 46.1 Å². The summed E-state index contributed by atoms with van der Waals surface area (Å²) in [6.45, 7) is 0.491. The van der Waals surface area contributed by atoms with Gasteiger partial charge in [0.1, 0.15) is 36.9 Å². The van der Waals surface area contributed by atoms with Crippen LogP contribution in [0.4, 0.5) is 45.5 Å². The van der Waals surface area contributed by atoms with E-state index in [1.54, 1.807) is 0 Å². The lowest BCUT2D eigenvalue weighted by Crippen LogP contribution is -2.32. The van der Waals surface area contributed by atoms with Gasteiger partial charge in [0.05, 0.1) is 42.3 Å². The molecule has 2 unspecified atom stereocenters. The number of anilines is 8. The Balaban J connectivity index is 0.686. The molecule has 0 aliphatic heterocycles. The zero-order valence-corrected chi connectivity index (χ0v) is 50.2. The Labute approximate surface area is 532 Å². The molecule has 0 amide bonds. The first-order valence-electron chi connectivity index (χ1n) is 30.7. The van der Waals surface area contributed by atoms with Crippen molar-refractivity contribution >= 4 is 57.9 Å². The SMILES string of the molecule is OC(COc1ccc(C2(c3ccc(OCC(O)CN(N=Cc4ccc(N(c5ccccc5)c5ccccc5)cc4)c4ccccc4)cc3)c3ccccc3-c3ccccc32)cc1)CN(N=Cc1ccc(N(c2ccccc2)c2ccccc2)cc1)c1ccccc1. The van der Waals surface area contributed by atoms with Gasteiger partial charge in [-0.2, -0.15) is 10.2 Å². The van der Waals surface area contributed by atoms with Crippen LogP contribution in [-0.2, 0) is 5.41 Å². The van der Waals surface area contributed by atoms with Crippen molar-refractivity contribution in [2.24, 2.45) is 10.2 Å². The van der Waals surface area contributed by atoms with E-state index in [9.17, 15) is 10.2 Å². The molecule has 0 bridgehead atoms. The van der Waals surface area contributed by atoms with Crippen LogP contribution in [0.25, 0.3) is 11.1 Å². The number of rotatable bonds is 24. The number of benzene rings is 12. The molecule has 2 atom stereocenters. The fourth-order valence-corrected chi connectivity index (χ4v) is 12.0. The Morgan fingerprint density at radius 2 is 0.582 bits per heavy atom. The Hall–Kier alpha value is -11.3. The fourth-order valence-electron chi connectivity index (χ4n) is 12.0. The van der Waals surface area contributed by atoms with Gasteiger partial charge in [0.15, 0.2) is 0 Å². The lowest BCUT2D eigenvalue weighted by atomic mass is 9.68. The van der Waals surface area contributed by atoms with Gasteiger partial charge in [-0.1, -0.05) is 206 Å². The number of fused-ring (bicyclic) bond motifs is 3. The van der Waals surface area contributed by atoms with E-state index in [1.165, 1.54) is 22.3 Å². The zero-order chi connectivity index (χ0) is 61.6. The molecule has 446 valence electrons. The highest BCUT2D eigenvalue weighted by atomic mass is 16.5. The molecule has 10 nitrogen and oxygen atoms in total. The Morgan fingerprint density at radius 3 is 0.901 bits per heavy atom. The van der Waals surface area contributed by atoms with Crippen LogP contribution >= 0.6 is 0 Å². The third-order valence-corrected chi connectivity index (χ3v) is 16.3. The van der Waals surface area contributed by atoms with Crippen molar-refractivity contribution in [3.05, 3.63) is 361 Å². The van der Waals surface area contributed by atoms with Crippen LogP contribution in [0.5, 0.6) is 11.5 Å². The number of para-hydroxylation sites is 6. The molecule has 0 aromatic heterocycles. The van der Waals surface area contributed by atoms with E-state index in [4.69, 9.17) is 19.7 Å². The lowest BCUT2D eigenvalue weighted by molar-refractivity contribution is 0.112. The maximum absolute atomic E-state index is 11.6. The molecular formula is C81H68N6O4. The van der Waals surface area contributed by atoms with Crippen molar-refractivity contribution in [1.82, 2.24) is 0 Å². The molecule has 0 heterocycles. The summed E-state index contributed by atoms with van der Waals surface area (Å²) in [5.74, 6) is 1.27. The maximum atomic E-state index is 11.6. The number of hydrogen-bond donors (Lipinski definition) is 2. The molecule has 1 aliphatic carbocycles. The van der Waals surface area contributed by atoms with Crippen molar-refractivity contribution in [1.29, 1.82) is 0 Å². The molecule has 0 saturated heterocycles. The highest BCUT2D eigenvalue weighted by molar-refractivity contribution is 5.87. The average molecular weight is 1190 g/mol. The second-order valence-electron chi connectivity index (χ2n) is 22.3. The summed E-state index contributed by atoms with van der Waals surface area (Å²) in [5, 5.41) is 36.7. The second-order valence-corrected chi connectivity index (χ2v) is 22.3. The predicted octanol–water partition coefficient (Wildman–Crippen LogP) is 17.6. The first-order chi connectivity index (χ1) is 44.9. The molecule has 10 heteroatoms. The van der Waals surface area contributed by atoms with E-state index in [0.29, 0.717) is 11.5 Å². The summed E-state index contributed by atoms with van der Waals surface area (Å²) < 4.78 is 12.7. The first-order valence-corrected chi connectivity index (χ1v) is 30.7. The molecule has 1 aliphatic rings. The molecule has 0 spiro atoms. The van der Waals surface area contributed by atoms with Gasteiger partial charge >= 0.3 is 0 Å². The van der Waals surface area contributed by atoms with Crippen LogP contribution in [0.2, 0.25) is 0 Å². The Bertz CT molecular complexity index is 3960. The molecule has 12 aromatic carbocycles. The van der Waals surface area contributed by atoms with Gasteiger partial charge in [0.2, 0.25) is 0 Å². The minimum absolute atomic E-state index is 0.0471. The van der Waals surface area contributed by atoms with Crippen molar-refractivity contribution in [3.63, 3.8) is 0 Å². The second kappa shape index (κ2) is 27.8. The minimum atomic E-state index is -0.879. The molecule has 0 radical (unpaired) electrons. The van der Waals surface area contributed by atoms with Gasteiger partial charge in [-0.05, 0) is 166 Å². The summed E-state index contributed by atoms with van der Waals surface area (Å²) >= 11 is 0. The van der Waals surface area contributed by atoms with Crippen LogP contribution in [0.1, 0.15) is 33.4 Å². The molecular weight excluding hydrogens is 1120 g/mol. The Kier molecular flexibility index (Phi) is 17.9. The lowest BCUT2D eigenvalue weighted by Gasteiger charge is -2.34. The van der Waals surface area contributed by atoms with Gasteiger partial charge in [-0.15, -0.1) is 0 Å². The summed E-state index contributed by atoms with van der Waals surface area (Å²) in [6, 6.07) is 111. The van der Waals surface area contributed by atoms with Gasteiger partial charge in [0, 0.05) is 34.1 Å². The van der Waals surface area contributed by atoms with Crippen LogP contribution in [0.15, 0.2) is 338 Å². The first kappa shape index (κ1) is 58.7. The normalized spacial score (nSPS) is 12.8. The topological polar surface area (TPSA) is 96.6 Å². The smallest absolute Gasteiger partial charge is 0.119 e. The van der Waals surface area contributed by atoms with E-state index in [0.717, 1.165) is 67.8 Å². The number of aliphatic hydroxyl groups excluding tert-OH is 2. The molecule has 91 heavy (non-hydrogen) atoms. The van der Waals surface area contributed by atoms with Gasteiger partial charge in [-0.25, -0.2) is 0 Å². The number of ether oxygens (including phenoxy) is 2. The quantitative estimate of drug-likeness (QED) is 0.0456. The third-order valence-electron chi connectivity index (χ3n) is 16.3. The molecule has 0 fully saturated rings. The Morgan fingerprint density at radius 1 is 0.308 bits per heavy atom. The monoisotopic (exact) mass is 1190 g/mol. The van der Waals surface area contributed by atoms with E-state index in [1.807, 2.05) is 180 Å². The third kappa shape index (κ3) is 13.3. The number of hydrogen-bond acceptors (Lipinski definition) is 10. The largest absolute Gasteiger partial charge is 0.491 e. The highest BCUT2D eigenvalue weighted by Crippen LogP contribution is 2.56. The van der Waals surface area contributed by atoms with Crippen LogP contribution in [0, 0.1) is 0 Å². The molecule has 13 rings (SSSR count). The molecule has 0 saturated carbocycles. The average Bonchev–Trinajstić information content (AvgIpc) is 1.56. The summed E-state index contributed by atoms with van der Waals surface area (Å²) in [4.78, 5) is 4.45. The predicted molar refractivity (Wildman–Crippen MR) is 372 cm³/mol. The van der Waals surface area contributed by atoms with Gasteiger partial charge in [-0.3, -0.25) is 10.0 Å². The van der Waals surface area contributed by atoms with E-state index in [-0.39, 0.29) is 26.3 Å².